The van der Waals surface area contributed by atoms with Gasteiger partial charge in [0.05, 0.1) is 0 Å². The second-order valence-electron chi connectivity index (χ2n) is 4.00. The van der Waals surface area contributed by atoms with Crippen LogP contribution in [0.1, 0.15) is 44.9 Å². The first kappa shape index (κ1) is 8.03. The number of carbonyl (C=O) groups is 1. The van der Waals surface area contributed by atoms with Gasteiger partial charge in [0, 0.05) is 12.8 Å². The first-order valence-electron chi connectivity index (χ1n) is 5.07. The molecule has 0 aromatic carbocycles. The molecule has 1 saturated carbocycles. The third-order valence-corrected chi connectivity index (χ3v) is 3.10. The van der Waals surface area contributed by atoms with Crippen LogP contribution >= 0.6 is 0 Å². The minimum absolute atomic E-state index is 0.485. The fourth-order valence-electron chi connectivity index (χ4n) is 2.37. The summed E-state index contributed by atoms with van der Waals surface area (Å²) in [5.41, 5.74) is 1.59. The Morgan fingerprint density at radius 1 is 1.25 bits per heavy atom. The van der Waals surface area contributed by atoms with Crippen LogP contribution in [0.25, 0.3) is 0 Å². The van der Waals surface area contributed by atoms with Gasteiger partial charge in [-0.1, -0.05) is 18.1 Å². The number of carbonyl (C=O) groups excluding carboxylic acids is 1. The molecule has 0 N–H and O–H groups in total. The summed E-state index contributed by atoms with van der Waals surface area (Å²) < 4.78 is 0. The van der Waals surface area contributed by atoms with E-state index in [0.717, 1.165) is 19.3 Å². The van der Waals surface area contributed by atoms with E-state index in [-0.39, 0.29) is 0 Å². The summed E-state index contributed by atoms with van der Waals surface area (Å²) >= 11 is 0. The fraction of sp³-hybridized carbons (Fsp3) is 0.727. The van der Waals surface area contributed by atoms with Gasteiger partial charge in [0.15, 0.2) is 0 Å². The zero-order valence-corrected chi connectivity index (χ0v) is 7.51. The van der Waals surface area contributed by atoms with Gasteiger partial charge in [-0.15, -0.1) is 0 Å². The monoisotopic (exact) mass is 164 g/mol. The lowest BCUT2D eigenvalue weighted by molar-refractivity contribution is -0.120. The van der Waals surface area contributed by atoms with Crippen molar-refractivity contribution in [2.24, 2.45) is 5.92 Å². The van der Waals surface area contributed by atoms with Crippen molar-refractivity contribution in [3.8, 4) is 0 Å². The van der Waals surface area contributed by atoms with E-state index in [1.54, 1.807) is 5.57 Å². The number of ketones is 1. The Balaban J connectivity index is 2.10. The molecule has 2 aliphatic carbocycles. The SMILES string of the molecule is O=C1CCC2=CCCCC[C@@H]2C1. The van der Waals surface area contributed by atoms with Gasteiger partial charge in [0.2, 0.25) is 0 Å². The molecule has 0 amide bonds. The summed E-state index contributed by atoms with van der Waals surface area (Å²) in [6, 6.07) is 0. The Bertz CT molecular complexity index is 215. The Kier molecular flexibility index (Phi) is 2.29. The number of allylic oxidation sites excluding steroid dienone is 2. The molecular weight excluding hydrogens is 148 g/mol. The molecule has 0 aromatic heterocycles. The number of hydrogen-bond donors (Lipinski definition) is 0. The topological polar surface area (TPSA) is 17.1 Å². The van der Waals surface area contributed by atoms with Crippen LogP contribution in [0.2, 0.25) is 0 Å². The summed E-state index contributed by atoms with van der Waals surface area (Å²) in [6.07, 6.45) is 10.3. The van der Waals surface area contributed by atoms with E-state index in [0.29, 0.717) is 11.7 Å². The summed E-state index contributed by atoms with van der Waals surface area (Å²) in [5, 5.41) is 0. The summed E-state index contributed by atoms with van der Waals surface area (Å²) in [5.74, 6) is 1.12. The van der Waals surface area contributed by atoms with Crippen LogP contribution < -0.4 is 0 Å². The van der Waals surface area contributed by atoms with Crippen molar-refractivity contribution in [3.63, 3.8) is 0 Å². The summed E-state index contributed by atoms with van der Waals surface area (Å²) in [4.78, 5) is 11.2. The number of fused-ring (bicyclic) bond motifs is 1. The van der Waals surface area contributed by atoms with Gasteiger partial charge < -0.3 is 0 Å². The molecule has 1 heteroatoms. The average molecular weight is 164 g/mol. The molecule has 12 heavy (non-hydrogen) atoms. The normalized spacial score (nSPS) is 30.5. The third kappa shape index (κ3) is 1.60. The Morgan fingerprint density at radius 2 is 2.17 bits per heavy atom. The van der Waals surface area contributed by atoms with Crippen LogP contribution in [0.4, 0.5) is 0 Å². The molecule has 2 aliphatic rings. The van der Waals surface area contributed by atoms with E-state index in [4.69, 9.17) is 0 Å². The highest BCUT2D eigenvalue weighted by Gasteiger charge is 2.24. The fourth-order valence-corrected chi connectivity index (χ4v) is 2.37. The van der Waals surface area contributed by atoms with Crippen molar-refractivity contribution >= 4 is 5.78 Å². The predicted molar refractivity (Wildman–Crippen MR) is 48.9 cm³/mol. The van der Waals surface area contributed by atoms with E-state index in [1.165, 1.54) is 25.7 Å². The second kappa shape index (κ2) is 3.42. The number of hydrogen-bond acceptors (Lipinski definition) is 1. The van der Waals surface area contributed by atoms with Gasteiger partial charge >= 0.3 is 0 Å². The predicted octanol–water partition coefficient (Wildman–Crippen LogP) is 2.86. The number of rotatable bonds is 0. The van der Waals surface area contributed by atoms with Crippen LogP contribution in [0.15, 0.2) is 11.6 Å². The Hall–Kier alpha value is -0.590. The van der Waals surface area contributed by atoms with Gasteiger partial charge in [-0.3, -0.25) is 4.79 Å². The molecule has 0 saturated heterocycles. The molecule has 0 unspecified atom stereocenters. The molecule has 1 fully saturated rings. The van der Waals surface area contributed by atoms with Crippen molar-refractivity contribution in [2.75, 3.05) is 0 Å². The average Bonchev–Trinajstić information content (AvgIpc) is 2.28. The maximum absolute atomic E-state index is 11.2. The standard InChI is InChI=1S/C11H16O/c12-11-7-6-9-4-2-1-3-5-10(9)8-11/h4,10H,1-3,5-8H2/t10-/m1/s1. The van der Waals surface area contributed by atoms with Crippen molar-refractivity contribution in [3.05, 3.63) is 11.6 Å². The molecular formula is C11H16O. The largest absolute Gasteiger partial charge is 0.300 e. The Labute approximate surface area is 73.8 Å². The molecule has 1 atom stereocenters. The van der Waals surface area contributed by atoms with Crippen molar-refractivity contribution < 1.29 is 4.79 Å². The Morgan fingerprint density at radius 3 is 3.08 bits per heavy atom. The van der Waals surface area contributed by atoms with Gasteiger partial charge in [-0.25, -0.2) is 0 Å². The van der Waals surface area contributed by atoms with Crippen molar-refractivity contribution in [1.82, 2.24) is 0 Å². The molecule has 0 aromatic rings. The summed E-state index contributed by atoms with van der Waals surface area (Å²) in [7, 11) is 0. The molecule has 0 aliphatic heterocycles. The van der Waals surface area contributed by atoms with Gasteiger partial charge in [-0.2, -0.15) is 0 Å². The molecule has 0 spiro atoms. The van der Waals surface area contributed by atoms with Crippen LogP contribution in [0.3, 0.4) is 0 Å². The van der Waals surface area contributed by atoms with Gasteiger partial charge in [-0.05, 0) is 31.6 Å². The minimum atomic E-state index is 0.485. The molecule has 0 heterocycles. The van der Waals surface area contributed by atoms with Crippen molar-refractivity contribution in [2.45, 2.75) is 44.9 Å². The smallest absolute Gasteiger partial charge is 0.133 e. The third-order valence-electron chi connectivity index (χ3n) is 3.10. The van der Waals surface area contributed by atoms with Crippen LogP contribution in [-0.4, -0.2) is 5.78 Å². The minimum Gasteiger partial charge on any atom is -0.300 e. The highest BCUT2D eigenvalue weighted by Crippen LogP contribution is 2.33. The molecule has 0 bridgehead atoms. The lowest BCUT2D eigenvalue weighted by atomic mass is 9.82. The zero-order valence-electron chi connectivity index (χ0n) is 7.51. The molecule has 66 valence electrons. The van der Waals surface area contributed by atoms with Crippen LogP contribution in [-0.2, 0) is 4.79 Å². The van der Waals surface area contributed by atoms with Crippen molar-refractivity contribution in [1.29, 1.82) is 0 Å². The second-order valence-corrected chi connectivity index (χ2v) is 4.00. The number of Topliss-reactive ketones (excluding diaryl/α,β-unsaturated/α-hetero) is 1. The van der Waals surface area contributed by atoms with E-state index in [2.05, 4.69) is 6.08 Å². The quantitative estimate of drug-likeness (QED) is 0.503. The van der Waals surface area contributed by atoms with E-state index < -0.39 is 0 Å². The maximum Gasteiger partial charge on any atom is 0.133 e. The van der Waals surface area contributed by atoms with E-state index in [9.17, 15) is 4.79 Å². The van der Waals surface area contributed by atoms with Crippen LogP contribution in [0, 0.1) is 5.92 Å². The molecule has 1 nitrogen and oxygen atoms in total. The lowest BCUT2D eigenvalue weighted by Gasteiger charge is -2.22. The first-order chi connectivity index (χ1) is 5.86. The highest BCUT2D eigenvalue weighted by molar-refractivity contribution is 5.80. The summed E-state index contributed by atoms with van der Waals surface area (Å²) in [6.45, 7) is 0. The molecule has 2 rings (SSSR count). The maximum atomic E-state index is 11.2. The van der Waals surface area contributed by atoms with Crippen LogP contribution in [0.5, 0.6) is 0 Å². The zero-order chi connectivity index (χ0) is 8.39. The highest BCUT2D eigenvalue weighted by atomic mass is 16.1. The van der Waals surface area contributed by atoms with Gasteiger partial charge in [0.25, 0.3) is 0 Å². The van der Waals surface area contributed by atoms with E-state index >= 15 is 0 Å². The lowest BCUT2D eigenvalue weighted by Crippen LogP contribution is -2.16. The van der Waals surface area contributed by atoms with Gasteiger partial charge in [0.1, 0.15) is 5.78 Å². The molecule has 0 radical (unpaired) electrons. The van der Waals surface area contributed by atoms with E-state index in [1.807, 2.05) is 0 Å². The first-order valence-corrected chi connectivity index (χ1v) is 5.07.